The highest BCUT2D eigenvalue weighted by Crippen LogP contribution is 2.28. The van der Waals surface area contributed by atoms with Gasteiger partial charge in [-0.1, -0.05) is 0 Å². The number of thioether (sulfide) groups is 1. The third-order valence-electron chi connectivity index (χ3n) is 3.36. The molecule has 0 spiro atoms. The molecule has 0 radical (unpaired) electrons. The fourth-order valence-electron chi connectivity index (χ4n) is 2.18. The Morgan fingerprint density at radius 1 is 1.21 bits per heavy atom. The molecule has 0 unspecified atom stereocenters. The van der Waals surface area contributed by atoms with E-state index in [2.05, 4.69) is 11.4 Å². The average molecular weight is 210 g/mol. The van der Waals surface area contributed by atoms with Crippen LogP contribution in [0.1, 0.15) is 25.7 Å². The van der Waals surface area contributed by atoms with Gasteiger partial charge in [0.05, 0.1) is 6.07 Å². The molecular weight excluding hydrogens is 192 g/mol. The summed E-state index contributed by atoms with van der Waals surface area (Å²) < 4.78 is 0. The van der Waals surface area contributed by atoms with E-state index in [0.717, 1.165) is 24.8 Å². The molecule has 0 amide bonds. The maximum atomic E-state index is 8.77. The second kappa shape index (κ2) is 5.04. The predicted octanol–water partition coefficient (Wildman–Crippen LogP) is 2.02. The Morgan fingerprint density at radius 2 is 1.93 bits per heavy atom. The number of nitrogens with one attached hydrogen (secondary N) is 1. The second-order valence-corrected chi connectivity index (χ2v) is 5.56. The van der Waals surface area contributed by atoms with Crippen molar-refractivity contribution < 1.29 is 0 Å². The molecular formula is C11H18N2S. The first kappa shape index (κ1) is 10.3. The standard InChI is InChI=1S/C11H18N2S/c12-5-9-1-3-10(4-2-9)6-13-11-7-14-8-11/h9-11,13H,1-4,6-8H2. The van der Waals surface area contributed by atoms with Crippen LogP contribution >= 0.6 is 11.8 Å². The van der Waals surface area contributed by atoms with Crippen LogP contribution in [0.25, 0.3) is 0 Å². The van der Waals surface area contributed by atoms with Gasteiger partial charge in [-0.3, -0.25) is 0 Å². The number of hydrogen-bond donors (Lipinski definition) is 1. The maximum absolute atomic E-state index is 8.77. The fraction of sp³-hybridized carbons (Fsp3) is 0.909. The molecule has 0 aromatic carbocycles. The lowest BCUT2D eigenvalue weighted by atomic mass is 9.83. The summed E-state index contributed by atoms with van der Waals surface area (Å²) in [6, 6.07) is 3.17. The minimum atomic E-state index is 0.352. The smallest absolute Gasteiger partial charge is 0.0655 e. The summed E-state index contributed by atoms with van der Waals surface area (Å²) >= 11 is 2.03. The zero-order chi connectivity index (χ0) is 9.80. The van der Waals surface area contributed by atoms with Crippen LogP contribution < -0.4 is 5.32 Å². The van der Waals surface area contributed by atoms with Crippen LogP contribution in [0.4, 0.5) is 0 Å². The third-order valence-corrected chi connectivity index (χ3v) is 4.64. The second-order valence-electron chi connectivity index (χ2n) is 4.49. The van der Waals surface area contributed by atoms with E-state index < -0.39 is 0 Å². The molecule has 1 saturated heterocycles. The maximum Gasteiger partial charge on any atom is 0.0655 e. The van der Waals surface area contributed by atoms with E-state index in [4.69, 9.17) is 5.26 Å². The van der Waals surface area contributed by atoms with Crippen molar-refractivity contribution >= 4 is 11.8 Å². The van der Waals surface area contributed by atoms with Crippen LogP contribution in [0.5, 0.6) is 0 Å². The van der Waals surface area contributed by atoms with Gasteiger partial charge in [0, 0.05) is 23.5 Å². The Bertz CT molecular complexity index is 212. The molecule has 78 valence electrons. The minimum absolute atomic E-state index is 0.352. The third kappa shape index (κ3) is 2.65. The van der Waals surface area contributed by atoms with Gasteiger partial charge in [-0.25, -0.2) is 0 Å². The van der Waals surface area contributed by atoms with Gasteiger partial charge in [0.1, 0.15) is 0 Å². The van der Waals surface area contributed by atoms with Crippen LogP contribution in [0.15, 0.2) is 0 Å². The molecule has 1 aliphatic carbocycles. The summed E-state index contributed by atoms with van der Waals surface area (Å²) in [5.74, 6) is 3.79. The Labute approximate surface area is 90.4 Å². The first-order chi connectivity index (χ1) is 6.88. The Kier molecular flexibility index (Phi) is 3.72. The summed E-state index contributed by atoms with van der Waals surface area (Å²) in [5, 5.41) is 12.4. The van der Waals surface area contributed by atoms with E-state index in [0.29, 0.717) is 5.92 Å². The first-order valence-corrected chi connectivity index (χ1v) is 6.74. The van der Waals surface area contributed by atoms with E-state index >= 15 is 0 Å². The lowest BCUT2D eigenvalue weighted by Crippen LogP contribution is -2.43. The molecule has 14 heavy (non-hydrogen) atoms. The van der Waals surface area contributed by atoms with Crippen molar-refractivity contribution in [2.24, 2.45) is 11.8 Å². The number of rotatable bonds is 3. The topological polar surface area (TPSA) is 35.8 Å². The van der Waals surface area contributed by atoms with Gasteiger partial charge in [0.2, 0.25) is 0 Å². The van der Waals surface area contributed by atoms with Gasteiger partial charge in [-0.15, -0.1) is 0 Å². The highest BCUT2D eigenvalue weighted by Gasteiger charge is 2.23. The predicted molar refractivity (Wildman–Crippen MR) is 60.2 cm³/mol. The molecule has 1 aliphatic heterocycles. The van der Waals surface area contributed by atoms with E-state index in [1.165, 1.54) is 30.9 Å². The quantitative estimate of drug-likeness (QED) is 0.774. The van der Waals surface area contributed by atoms with Crippen LogP contribution in [0, 0.1) is 23.2 Å². The molecule has 2 nitrogen and oxygen atoms in total. The molecule has 2 rings (SSSR count). The van der Waals surface area contributed by atoms with Crippen molar-refractivity contribution in [3.8, 4) is 6.07 Å². The molecule has 1 heterocycles. The van der Waals surface area contributed by atoms with Crippen LogP contribution in [-0.2, 0) is 0 Å². The van der Waals surface area contributed by atoms with Crippen molar-refractivity contribution in [2.45, 2.75) is 31.7 Å². The molecule has 2 fully saturated rings. The number of nitriles is 1. The van der Waals surface area contributed by atoms with E-state index in [1.54, 1.807) is 0 Å². The average Bonchev–Trinajstić information content (AvgIpc) is 2.16. The molecule has 0 aromatic heterocycles. The van der Waals surface area contributed by atoms with E-state index in [1.807, 2.05) is 11.8 Å². The summed E-state index contributed by atoms with van der Waals surface area (Å²) in [6.07, 6.45) is 4.76. The Hall–Kier alpha value is -0.200. The summed E-state index contributed by atoms with van der Waals surface area (Å²) in [4.78, 5) is 0. The van der Waals surface area contributed by atoms with Crippen molar-refractivity contribution in [1.82, 2.24) is 5.32 Å². The Morgan fingerprint density at radius 3 is 2.43 bits per heavy atom. The SMILES string of the molecule is N#CC1CCC(CNC2CSC2)CC1. The van der Waals surface area contributed by atoms with Gasteiger partial charge in [-0.05, 0) is 38.1 Å². The molecule has 0 aromatic rings. The van der Waals surface area contributed by atoms with Crippen molar-refractivity contribution in [1.29, 1.82) is 5.26 Å². The van der Waals surface area contributed by atoms with Crippen molar-refractivity contribution in [2.75, 3.05) is 18.1 Å². The monoisotopic (exact) mass is 210 g/mol. The highest BCUT2D eigenvalue weighted by molar-refractivity contribution is 8.00. The van der Waals surface area contributed by atoms with Crippen LogP contribution in [-0.4, -0.2) is 24.1 Å². The normalized spacial score (nSPS) is 33.4. The van der Waals surface area contributed by atoms with Crippen LogP contribution in [0.3, 0.4) is 0 Å². The summed E-state index contributed by atoms with van der Waals surface area (Å²) in [6.45, 7) is 1.18. The number of hydrogen-bond acceptors (Lipinski definition) is 3. The van der Waals surface area contributed by atoms with Gasteiger partial charge >= 0.3 is 0 Å². The van der Waals surface area contributed by atoms with Crippen molar-refractivity contribution in [3.05, 3.63) is 0 Å². The largest absolute Gasteiger partial charge is 0.312 e. The summed E-state index contributed by atoms with van der Waals surface area (Å²) in [5.41, 5.74) is 0. The molecule has 3 heteroatoms. The zero-order valence-electron chi connectivity index (χ0n) is 8.54. The lowest BCUT2D eigenvalue weighted by molar-refractivity contribution is 0.298. The van der Waals surface area contributed by atoms with Crippen LogP contribution in [0.2, 0.25) is 0 Å². The molecule has 0 bridgehead atoms. The highest BCUT2D eigenvalue weighted by atomic mass is 32.2. The molecule has 1 N–H and O–H groups in total. The fourth-order valence-corrected chi connectivity index (χ4v) is 2.89. The minimum Gasteiger partial charge on any atom is -0.312 e. The van der Waals surface area contributed by atoms with E-state index in [-0.39, 0.29) is 0 Å². The van der Waals surface area contributed by atoms with E-state index in [9.17, 15) is 0 Å². The Balaban J connectivity index is 1.61. The molecule has 0 atom stereocenters. The molecule has 2 aliphatic rings. The van der Waals surface area contributed by atoms with Crippen molar-refractivity contribution in [3.63, 3.8) is 0 Å². The van der Waals surface area contributed by atoms with Gasteiger partial charge in [0.15, 0.2) is 0 Å². The van der Waals surface area contributed by atoms with Gasteiger partial charge in [-0.2, -0.15) is 17.0 Å². The van der Waals surface area contributed by atoms with Gasteiger partial charge in [0.25, 0.3) is 0 Å². The lowest BCUT2D eigenvalue weighted by Gasteiger charge is -2.30. The first-order valence-electron chi connectivity index (χ1n) is 5.59. The molecule has 1 saturated carbocycles. The zero-order valence-corrected chi connectivity index (χ0v) is 9.35. The van der Waals surface area contributed by atoms with Gasteiger partial charge < -0.3 is 5.32 Å². The summed E-state index contributed by atoms with van der Waals surface area (Å²) in [7, 11) is 0. The number of nitrogens with zero attached hydrogens (tertiary/aromatic N) is 1.